The molecule has 1 heterocycles. The third kappa shape index (κ3) is 3.22. The van der Waals surface area contributed by atoms with Gasteiger partial charge in [0.25, 0.3) is 0 Å². The summed E-state index contributed by atoms with van der Waals surface area (Å²) in [6.07, 6.45) is 1.39. The van der Waals surface area contributed by atoms with Crippen LogP contribution >= 0.6 is 27.3 Å². The maximum Gasteiger partial charge on any atom is 0.311 e. The van der Waals surface area contributed by atoms with E-state index in [-0.39, 0.29) is 11.3 Å². The normalized spacial score (nSPS) is 11.4. The number of thiazole rings is 1. The fraction of sp³-hybridized carbons (Fsp3) is 0.0667. The SMILES string of the molecule is Cc1cc(C=Nc2nc3ccc(Br)cc3s2)c(O)c([N+](=O)[O-])c1. The van der Waals surface area contributed by atoms with Gasteiger partial charge in [-0.3, -0.25) is 10.1 Å². The van der Waals surface area contributed by atoms with Gasteiger partial charge in [-0.2, -0.15) is 0 Å². The van der Waals surface area contributed by atoms with E-state index in [1.807, 2.05) is 18.2 Å². The van der Waals surface area contributed by atoms with Crippen LogP contribution in [0.1, 0.15) is 11.1 Å². The maximum atomic E-state index is 10.9. The van der Waals surface area contributed by atoms with Crippen molar-refractivity contribution in [2.24, 2.45) is 4.99 Å². The third-order valence-electron chi connectivity index (χ3n) is 3.11. The largest absolute Gasteiger partial charge is 0.502 e. The van der Waals surface area contributed by atoms with E-state index in [1.54, 1.807) is 13.0 Å². The molecule has 116 valence electrons. The number of hydrogen-bond donors (Lipinski definition) is 1. The summed E-state index contributed by atoms with van der Waals surface area (Å²) in [6.45, 7) is 1.72. The minimum Gasteiger partial charge on any atom is -0.502 e. The molecule has 23 heavy (non-hydrogen) atoms. The number of halogens is 1. The molecule has 8 heteroatoms. The lowest BCUT2D eigenvalue weighted by atomic mass is 10.1. The number of nitrogens with zero attached hydrogens (tertiary/aromatic N) is 3. The molecule has 0 aliphatic heterocycles. The van der Waals surface area contributed by atoms with E-state index in [0.29, 0.717) is 10.7 Å². The number of nitro benzene ring substituents is 1. The van der Waals surface area contributed by atoms with Crippen LogP contribution in [0.25, 0.3) is 10.2 Å². The first-order valence-electron chi connectivity index (χ1n) is 6.52. The monoisotopic (exact) mass is 391 g/mol. The Balaban J connectivity index is 2.00. The number of hydrogen-bond acceptors (Lipinski definition) is 6. The molecular formula is C15H10BrN3O3S. The second-order valence-corrected chi connectivity index (χ2v) is 6.77. The van der Waals surface area contributed by atoms with Crippen LogP contribution in [-0.2, 0) is 0 Å². The van der Waals surface area contributed by atoms with E-state index in [2.05, 4.69) is 25.9 Å². The number of aryl methyl sites for hydroxylation is 1. The highest BCUT2D eigenvalue weighted by Gasteiger charge is 2.17. The van der Waals surface area contributed by atoms with Gasteiger partial charge in [-0.05, 0) is 36.8 Å². The average Bonchev–Trinajstić information content (AvgIpc) is 2.89. The van der Waals surface area contributed by atoms with Crippen molar-refractivity contribution in [3.05, 3.63) is 56.0 Å². The molecule has 0 amide bonds. The zero-order valence-electron chi connectivity index (χ0n) is 11.9. The Morgan fingerprint density at radius 3 is 2.91 bits per heavy atom. The van der Waals surface area contributed by atoms with Gasteiger partial charge < -0.3 is 5.11 Å². The Morgan fingerprint density at radius 1 is 1.39 bits per heavy atom. The fourth-order valence-electron chi connectivity index (χ4n) is 2.09. The van der Waals surface area contributed by atoms with E-state index in [9.17, 15) is 15.2 Å². The van der Waals surface area contributed by atoms with Crippen LogP contribution in [0.3, 0.4) is 0 Å². The Bertz CT molecular complexity index is 953. The maximum absolute atomic E-state index is 10.9. The number of aromatic hydroxyl groups is 1. The molecule has 3 rings (SSSR count). The summed E-state index contributed by atoms with van der Waals surface area (Å²) in [5.41, 5.74) is 1.45. The van der Waals surface area contributed by atoms with E-state index in [0.717, 1.165) is 14.7 Å². The van der Waals surface area contributed by atoms with Crippen LogP contribution in [0.2, 0.25) is 0 Å². The zero-order chi connectivity index (χ0) is 16.6. The average molecular weight is 392 g/mol. The summed E-state index contributed by atoms with van der Waals surface area (Å²) in [4.78, 5) is 18.9. The Morgan fingerprint density at radius 2 is 2.17 bits per heavy atom. The number of rotatable bonds is 3. The number of phenols is 1. The first-order valence-corrected chi connectivity index (χ1v) is 8.13. The van der Waals surface area contributed by atoms with Crippen molar-refractivity contribution in [1.29, 1.82) is 0 Å². The van der Waals surface area contributed by atoms with Gasteiger partial charge >= 0.3 is 5.69 Å². The van der Waals surface area contributed by atoms with Gasteiger partial charge in [0.2, 0.25) is 10.9 Å². The Labute approximate surface area is 143 Å². The molecule has 3 aromatic rings. The van der Waals surface area contributed by atoms with Crippen LogP contribution in [0.15, 0.2) is 39.8 Å². The molecule has 0 saturated heterocycles. The lowest BCUT2D eigenvalue weighted by Gasteiger charge is -2.01. The van der Waals surface area contributed by atoms with E-state index < -0.39 is 10.7 Å². The van der Waals surface area contributed by atoms with E-state index in [1.165, 1.54) is 23.6 Å². The molecule has 0 radical (unpaired) electrons. The highest BCUT2D eigenvalue weighted by atomic mass is 79.9. The highest BCUT2D eigenvalue weighted by molar-refractivity contribution is 9.10. The molecule has 1 N–H and O–H groups in total. The van der Waals surface area contributed by atoms with Gasteiger partial charge in [-0.1, -0.05) is 27.3 Å². The van der Waals surface area contributed by atoms with Crippen molar-refractivity contribution < 1.29 is 10.0 Å². The van der Waals surface area contributed by atoms with E-state index in [4.69, 9.17) is 0 Å². The number of nitro groups is 1. The second kappa shape index (κ2) is 6.05. The summed E-state index contributed by atoms with van der Waals surface area (Å²) >= 11 is 4.80. The summed E-state index contributed by atoms with van der Waals surface area (Å²) in [7, 11) is 0. The molecule has 0 spiro atoms. The number of aromatic nitrogens is 1. The Hall–Kier alpha value is -2.32. The third-order valence-corrected chi connectivity index (χ3v) is 4.53. The summed E-state index contributed by atoms with van der Waals surface area (Å²) in [6, 6.07) is 8.67. The van der Waals surface area contributed by atoms with Crippen molar-refractivity contribution in [1.82, 2.24) is 4.98 Å². The lowest BCUT2D eigenvalue weighted by molar-refractivity contribution is -0.385. The van der Waals surface area contributed by atoms with Gasteiger partial charge in [0.1, 0.15) is 0 Å². The number of aliphatic imine (C=N–C) groups is 1. The minimum atomic E-state index is -0.616. The molecule has 0 unspecified atom stereocenters. The molecular weight excluding hydrogens is 382 g/mol. The summed E-state index contributed by atoms with van der Waals surface area (Å²) < 4.78 is 1.93. The molecule has 0 saturated carbocycles. The fourth-order valence-corrected chi connectivity index (χ4v) is 3.45. The van der Waals surface area contributed by atoms with Gasteiger partial charge in [0, 0.05) is 22.3 Å². The molecule has 0 atom stereocenters. The van der Waals surface area contributed by atoms with Crippen molar-refractivity contribution in [3.63, 3.8) is 0 Å². The second-order valence-electron chi connectivity index (χ2n) is 4.85. The topological polar surface area (TPSA) is 88.6 Å². The molecule has 2 aromatic carbocycles. The van der Waals surface area contributed by atoms with Crippen LogP contribution in [0, 0.1) is 17.0 Å². The van der Waals surface area contributed by atoms with E-state index >= 15 is 0 Å². The van der Waals surface area contributed by atoms with Crippen molar-refractivity contribution in [3.8, 4) is 5.75 Å². The molecule has 0 fully saturated rings. The van der Waals surface area contributed by atoms with Gasteiger partial charge in [-0.25, -0.2) is 9.98 Å². The first kappa shape index (κ1) is 15.6. The lowest BCUT2D eigenvalue weighted by Crippen LogP contribution is -1.93. The molecule has 0 bridgehead atoms. The highest BCUT2D eigenvalue weighted by Crippen LogP contribution is 2.32. The van der Waals surface area contributed by atoms with Crippen LogP contribution in [0.4, 0.5) is 10.8 Å². The molecule has 1 aromatic heterocycles. The number of benzene rings is 2. The first-order chi connectivity index (χ1) is 10.9. The minimum absolute atomic E-state index is 0.289. The molecule has 0 aliphatic rings. The summed E-state index contributed by atoms with van der Waals surface area (Å²) in [5.74, 6) is -0.395. The summed E-state index contributed by atoms with van der Waals surface area (Å²) in [5, 5.41) is 21.4. The van der Waals surface area contributed by atoms with Crippen molar-refractivity contribution in [2.75, 3.05) is 0 Å². The van der Waals surface area contributed by atoms with Crippen LogP contribution < -0.4 is 0 Å². The van der Waals surface area contributed by atoms with Gasteiger partial charge in [0.15, 0.2) is 0 Å². The number of fused-ring (bicyclic) bond motifs is 1. The molecule has 0 aliphatic carbocycles. The quantitative estimate of drug-likeness (QED) is 0.396. The smallest absolute Gasteiger partial charge is 0.311 e. The van der Waals surface area contributed by atoms with Gasteiger partial charge in [-0.15, -0.1) is 0 Å². The standard InChI is InChI=1S/C15H10BrN3O3S/c1-8-4-9(14(20)12(5-8)19(21)22)7-17-15-18-11-3-2-10(16)6-13(11)23-15/h2-7,20H,1H3. The van der Waals surface area contributed by atoms with Crippen LogP contribution in [0.5, 0.6) is 5.75 Å². The Kier molecular flexibility index (Phi) is 4.10. The van der Waals surface area contributed by atoms with Gasteiger partial charge in [0.05, 0.1) is 15.1 Å². The van der Waals surface area contributed by atoms with Crippen molar-refractivity contribution in [2.45, 2.75) is 6.92 Å². The predicted molar refractivity (Wildman–Crippen MR) is 94.1 cm³/mol. The molecule has 6 nitrogen and oxygen atoms in total. The zero-order valence-corrected chi connectivity index (χ0v) is 14.3. The number of phenolic OH excluding ortho intramolecular Hbond substituents is 1. The van der Waals surface area contributed by atoms with Crippen molar-refractivity contribution >= 4 is 54.5 Å². The predicted octanol–water partition coefficient (Wildman–Crippen LogP) is 4.73. The van der Waals surface area contributed by atoms with Crippen LogP contribution in [-0.4, -0.2) is 21.2 Å².